The Morgan fingerprint density at radius 2 is 2.22 bits per heavy atom. The number of ether oxygens (including phenoxy) is 1. The van der Waals surface area contributed by atoms with Crippen LogP contribution in [-0.2, 0) is 9.53 Å². The maximum absolute atomic E-state index is 12.0. The van der Waals surface area contributed by atoms with Crippen molar-refractivity contribution < 1.29 is 9.53 Å². The molecule has 0 saturated carbocycles. The Labute approximate surface area is 113 Å². The summed E-state index contributed by atoms with van der Waals surface area (Å²) in [5.74, 6) is -0.287. The summed E-state index contributed by atoms with van der Waals surface area (Å²) < 4.78 is 5.34. The third kappa shape index (κ3) is 4.53. The predicted octanol–water partition coefficient (Wildman–Crippen LogP) is 3.27. The number of carbonyl (C=O) groups excluding carboxylic acids is 1. The molecule has 1 aromatic rings. The van der Waals surface area contributed by atoms with Crippen molar-refractivity contribution in [1.82, 2.24) is 4.98 Å². The van der Waals surface area contributed by atoms with E-state index in [1.54, 1.807) is 18.3 Å². The van der Waals surface area contributed by atoms with Crippen molar-refractivity contribution in [3.8, 4) is 0 Å². The summed E-state index contributed by atoms with van der Waals surface area (Å²) in [6.07, 6.45) is 2.21. The van der Waals surface area contributed by atoms with Gasteiger partial charge in [0.2, 0.25) is 0 Å². The topological polar surface area (TPSA) is 51.2 Å². The van der Waals surface area contributed by atoms with E-state index < -0.39 is 11.6 Å². The molecule has 4 nitrogen and oxygen atoms in total. The van der Waals surface area contributed by atoms with E-state index in [0.717, 1.165) is 0 Å². The number of nitrogens with zero attached hydrogens (tertiary/aromatic N) is 1. The van der Waals surface area contributed by atoms with Crippen LogP contribution >= 0.6 is 11.6 Å². The first-order valence-corrected chi connectivity index (χ1v) is 6.31. The van der Waals surface area contributed by atoms with Gasteiger partial charge in [0.05, 0.1) is 5.69 Å². The van der Waals surface area contributed by atoms with Crippen molar-refractivity contribution in [2.24, 2.45) is 0 Å². The second-order valence-electron chi connectivity index (χ2n) is 4.98. The van der Waals surface area contributed by atoms with Crippen LogP contribution in [0.3, 0.4) is 0 Å². The molecule has 0 fully saturated rings. The van der Waals surface area contributed by atoms with Gasteiger partial charge in [0.1, 0.15) is 11.6 Å². The van der Waals surface area contributed by atoms with Gasteiger partial charge in [-0.1, -0.05) is 18.5 Å². The number of pyridine rings is 1. The smallest absolute Gasteiger partial charge is 0.329 e. The molecule has 1 heterocycles. The Bertz CT molecular complexity index is 416. The maximum Gasteiger partial charge on any atom is 0.329 e. The van der Waals surface area contributed by atoms with Gasteiger partial charge in [-0.15, -0.1) is 0 Å². The summed E-state index contributed by atoms with van der Waals surface area (Å²) >= 11 is 5.94. The fourth-order valence-corrected chi connectivity index (χ4v) is 1.56. The molecule has 1 unspecified atom stereocenters. The zero-order valence-electron chi connectivity index (χ0n) is 11.2. The number of nitrogens with one attached hydrogen (secondary N) is 1. The summed E-state index contributed by atoms with van der Waals surface area (Å²) in [4.78, 5) is 15.9. The highest BCUT2D eigenvalue weighted by molar-refractivity contribution is 6.32. The van der Waals surface area contributed by atoms with Gasteiger partial charge in [-0.05, 0) is 39.3 Å². The molecule has 0 aliphatic carbocycles. The molecule has 100 valence electrons. The summed E-state index contributed by atoms with van der Waals surface area (Å²) in [6.45, 7) is 7.43. The van der Waals surface area contributed by atoms with Crippen LogP contribution in [-0.4, -0.2) is 22.6 Å². The fourth-order valence-electron chi connectivity index (χ4n) is 1.38. The Morgan fingerprint density at radius 1 is 1.56 bits per heavy atom. The number of halogens is 1. The number of esters is 1. The van der Waals surface area contributed by atoms with Crippen LogP contribution in [0.5, 0.6) is 0 Å². The quantitative estimate of drug-likeness (QED) is 0.674. The van der Waals surface area contributed by atoms with Gasteiger partial charge in [-0.2, -0.15) is 0 Å². The van der Waals surface area contributed by atoms with E-state index in [1.807, 2.05) is 27.7 Å². The molecule has 18 heavy (non-hydrogen) atoms. The normalized spacial score (nSPS) is 12.9. The number of aromatic nitrogens is 1. The average Bonchev–Trinajstić information content (AvgIpc) is 2.25. The second-order valence-corrected chi connectivity index (χ2v) is 5.34. The highest BCUT2D eigenvalue weighted by Gasteiger charge is 2.24. The number of hydrogen-bond acceptors (Lipinski definition) is 4. The summed E-state index contributed by atoms with van der Waals surface area (Å²) in [5.41, 5.74) is 0.141. The van der Waals surface area contributed by atoms with Crippen LogP contribution in [0.1, 0.15) is 34.1 Å². The van der Waals surface area contributed by atoms with Crippen molar-refractivity contribution in [1.29, 1.82) is 0 Å². The Balaban J connectivity index is 2.74. The van der Waals surface area contributed by atoms with Crippen LogP contribution in [0.25, 0.3) is 0 Å². The molecular weight excluding hydrogens is 252 g/mol. The van der Waals surface area contributed by atoms with Gasteiger partial charge in [-0.3, -0.25) is 0 Å². The van der Waals surface area contributed by atoms with Crippen molar-refractivity contribution in [2.45, 2.75) is 45.8 Å². The van der Waals surface area contributed by atoms with Gasteiger partial charge >= 0.3 is 5.97 Å². The lowest BCUT2D eigenvalue weighted by atomic mass is 10.1. The van der Waals surface area contributed by atoms with Crippen molar-refractivity contribution in [3.63, 3.8) is 0 Å². The standard InChI is InChI=1S/C13H19ClN2O2/c1-5-9(12(17)18-13(2,3)4)16-10-7-6-8-15-11(10)14/h6-9,16H,5H2,1-4H3. The van der Waals surface area contributed by atoms with E-state index >= 15 is 0 Å². The lowest BCUT2D eigenvalue weighted by molar-refractivity contribution is -0.155. The molecule has 0 bridgehead atoms. The molecule has 0 aliphatic heterocycles. The molecule has 1 N–H and O–H groups in total. The number of rotatable bonds is 4. The summed E-state index contributed by atoms with van der Waals surface area (Å²) in [6, 6.07) is 3.11. The molecule has 0 saturated heterocycles. The highest BCUT2D eigenvalue weighted by Crippen LogP contribution is 2.20. The molecular formula is C13H19ClN2O2. The highest BCUT2D eigenvalue weighted by atomic mass is 35.5. The second kappa shape index (κ2) is 6.05. The number of carbonyl (C=O) groups is 1. The van der Waals surface area contributed by atoms with E-state index in [-0.39, 0.29) is 5.97 Å². The van der Waals surface area contributed by atoms with Gasteiger partial charge in [0, 0.05) is 6.20 Å². The summed E-state index contributed by atoms with van der Waals surface area (Å²) in [7, 11) is 0. The molecule has 5 heteroatoms. The molecule has 1 aromatic heterocycles. The zero-order chi connectivity index (χ0) is 13.8. The van der Waals surface area contributed by atoms with E-state index in [9.17, 15) is 4.79 Å². The lowest BCUT2D eigenvalue weighted by Crippen LogP contribution is -2.36. The van der Waals surface area contributed by atoms with Crippen molar-refractivity contribution in [2.75, 3.05) is 5.32 Å². The lowest BCUT2D eigenvalue weighted by Gasteiger charge is -2.24. The van der Waals surface area contributed by atoms with Crippen LogP contribution in [0.15, 0.2) is 18.3 Å². The molecule has 0 radical (unpaired) electrons. The van der Waals surface area contributed by atoms with E-state index in [4.69, 9.17) is 16.3 Å². The molecule has 1 atom stereocenters. The number of hydrogen-bond donors (Lipinski definition) is 1. The van der Waals surface area contributed by atoms with Crippen molar-refractivity contribution >= 4 is 23.3 Å². The largest absolute Gasteiger partial charge is 0.458 e. The van der Waals surface area contributed by atoms with Gasteiger partial charge < -0.3 is 10.1 Å². The van der Waals surface area contributed by atoms with Crippen LogP contribution in [0.2, 0.25) is 5.15 Å². The van der Waals surface area contributed by atoms with E-state index in [1.165, 1.54) is 0 Å². The van der Waals surface area contributed by atoms with E-state index in [2.05, 4.69) is 10.3 Å². The number of anilines is 1. The van der Waals surface area contributed by atoms with Gasteiger partial charge in [-0.25, -0.2) is 9.78 Å². The molecule has 0 aliphatic rings. The average molecular weight is 271 g/mol. The maximum atomic E-state index is 12.0. The van der Waals surface area contributed by atoms with Gasteiger partial charge in [0.25, 0.3) is 0 Å². The monoisotopic (exact) mass is 270 g/mol. The van der Waals surface area contributed by atoms with E-state index in [0.29, 0.717) is 17.3 Å². The minimum atomic E-state index is -0.495. The molecule has 0 aromatic carbocycles. The first-order chi connectivity index (χ1) is 8.33. The minimum Gasteiger partial charge on any atom is -0.458 e. The van der Waals surface area contributed by atoms with Crippen LogP contribution in [0, 0.1) is 0 Å². The van der Waals surface area contributed by atoms with Crippen LogP contribution in [0.4, 0.5) is 5.69 Å². The molecule has 0 amide bonds. The molecule has 1 rings (SSSR count). The summed E-state index contributed by atoms with van der Waals surface area (Å²) in [5, 5.41) is 3.40. The molecule has 0 spiro atoms. The van der Waals surface area contributed by atoms with Gasteiger partial charge in [0.15, 0.2) is 5.15 Å². The first kappa shape index (κ1) is 14.8. The Morgan fingerprint density at radius 3 is 2.72 bits per heavy atom. The van der Waals surface area contributed by atoms with Crippen molar-refractivity contribution in [3.05, 3.63) is 23.5 Å². The Kier molecular flexibility index (Phi) is 4.96. The predicted molar refractivity (Wildman–Crippen MR) is 72.8 cm³/mol. The minimum absolute atomic E-state index is 0.287. The third-order valence-electron chi connectivity index (χ3n) is 2.19. The SMILES string of the molecule is CCC(Nc1cccnc1Cl)C(=O)OC(C)(C)C. The third-order valence-corrected chi connectivity index (χ3v) is 2.49. The fraction of sp³-hybridized carbons (Fsp3) is 0.538. The zero-order valence-corrected chi connectivity index (χ0v) is 11.9. The Hall–Kier alpha value is -1.29. The first-order valence-electron chi connectivity index (χ1n) is 5.93. The van der Waals surface area contributed by atoms with Crippen LogP contribution < -0.4 is 5.32 Å².